The summed E-state index contributed by atoms with van der Waals surface area (Å²) in [6.07, 6.45) is 3.76. The Balaban J connectivity index is 1.53. The number of methoxy groups -OCH3 is 1. The lowest BCUT2D eigenvalue weighted by molar-refractivity contribution is 0.415. The summed E-state index contributed by atoms with van der Waals surface area (Å²) in [5.41, 5.74) is 3.34. The van der Waals surface area contributed by atoms with Gasteiger partial charge in [-0.3, -0.25) is 4.79 Å². The normalized spacial score (nSPS) is 12.0. The highest BCUT2D eigenvalue weighted by molar-refractivity contribution is 7.15. The van der Waals surface area contributed by atoms with Crippen LogP contribution < -0.4 is 14.8 Å². The lowest BCUT2D eigenvalue weighted by atomic mass is 10.2. The molecule has 0 aliphatic heterocycles. The van der Waals surface area contributed by atoms with Crippen molar-refractivity contribution < 1.29 is 4.74 Å². The minimum absolute atomic E-state index is 0.186. The van der Waals surface area contributed by atoms with Crippen LogP contribution >= 0.6 is 11.3 Å². The molecule has 0 radical (unpaired) electrons. The summed E-state index contributed by atoms with van der Waals surface area (Å²) in [4.78, 5) is 17.9. The molecule has 0 N–H and O–H groups in total. The molecule has 0 bridgehead atoms. The van der Waals surface area contributed by atoms with Gasteiger partial charge in [0.25, 0.3) is 5.56 Å². The van der Waals surface area contributed by atoms with E-state index >= 15 is 0 Å². The number of thiazole rings is 1. The zero-order chi connectivity index (χ0) is 20.7. The van der Waals surface area contributed by atoms with Gasteiger partial charge >= 0.3 is 0 Å². The molecule has 7 nitrogen and oxygen atoms in total. The summed E-state index contributed by atoms with van der Waals surface area (Å²) in [7, 11) is 1.62. The third-order valence-electron chi connectivity index (χ3n) is 4.77. The Morgan fingerprint density at radius 1 is 1.03 bits per heavy atom. The third kappa shape index (κ3) is 3.17. The van der Waals surface area contributed by atoms with E-state index in [9.17, 15) is 4.79 Å². The van der Waals surface area contributed by atoms with Gasteiger partial charge in [-0.25, -0.2) is 4.68 Å². The minimum atomic E-state index is -0.186. The number of nitrogens with zero attached hydrogens (tertiary/aromatic N) is 5. The molecular formula is C22H17N5O2S. The minimum Gasteiger partial charge on any atom is -0.497 e. The maximum absolute atomic E-state index is 12.9. The van der Waals surface area contributed by atoms with Crippen molar-refractivity contribution in [3.8, 4) is 22.8 Å². The average molecular weight is 415 g/mol. The van der Waals surface area contributed by atoms with E-state index < -0.39 is 0 Å². The molecular weight excluding hydrogens is 398 g/mol. The molecule has 5 aromatic rings. The monoisotopic (exact) mass is 415 g/mol. The number of hydrogen-bond acceptors (Lipinski definition) is 6. The second-order valence-corrected chi connectivity index (χ2v) is 7.73. The van der Waals surface area contributed by atoms with Gasteiger partial charge < -0.3 is 4.74 Å². The summed E-state index contributed by atoms with van der Waals surface area (Å²) < 4.78 is 8.91. The van der Waals surface area contributed by atoms with Crippen molar-refractivity contribution in [2.45, 2.75) is 6.92 Å². The van der Waals surface area contributed by atoms with E-state index in [-0.39, 0.29) is 5.56 Å². The Bertz CT molecular complexity index is 1450. The van der Waals surface area contributed by atoms with Gasteiger partial charge in [-0.05, 0) is 49.4 Å². The molecule has 0 atom stereocenters. The second kappa shape index (κ2) is 7.23. The lowest BCUT2D eigenvalue weighted by Gasteiger charge is -1.99. The predicted molar refractivity (Wildman–Crippen MR) is 116 cm³/mol. The van der Waals surface area contributed by atoms with Gasteiger partial charge in [0.15, 0.2) is 5.82 Å². The number of fused-ring (bicyclic) bond motifs is 1. The molecule has 5 rings (SSSR count). The molecule has 8 heteroatoms. The van der Waals surface area contributed by atoms with Gasteiger partial charge in [0.2, 0.25) is 4.96 Å². The molecule has 0 saturated carbocycles. The van der Waals surface area contributed by atoms with Crippen molar-refractivity contribution in [3.05, 3.63) is 86.9 Å². The Hall–Kier alpha value is -3.78. The van der Waals surface area contributed by atoms with Crippen LogP contribution in [0.2, 0.25) is 0 Å². The Kier molecular flexibility index (Phi) is 4.40. The molecule has 0 spiro atoms. The van der Waals surface area contributed by atoms with Crippen LogP contribution in [0.15, 0.2) is 65.6 Å². The van der Waals surface area contributed by atoms with E-state index in [1.165, 1.54) is 15.9 Å². The quantitative estimate of drug-likeness (QED) is 0.451. The Morgan fingerprint density at radius 3 is 2.50 bits per heavy atom. The van der Waals surface area contributed by atoms with Gasteiger partial charge in [-0.2, -0.15) is 14.6 Å². The van der Waals surface area contributed by atoms with Crippen LogP contribution in [0.25, 0.3) is 28.1 Å². The van der Waals surface area contributed by atoms with E-state index in [4.69, 9.17) is 4.74 Å². The molecule has 30 heavy (non-hydrogen) atoms. The fourth-order valence-electron chi connectivity index (χ4n) is 3.17. The summed E-state index contributed by atoms with van der Waals surface area (Å²) in [5.74, 6) is 1.27. The van der Waals surface area contributed by atoms with Crippen molar-refractivity contribution in [1.29, 1.82) is 0 Å². The highest BCUT2D eigenvalue weighted by atomic mass is 32.1. The largest absolute Gasteiger partial charge is 0.497 e. The van der Waals surface area contributed by atoms with Gasteiger partial charge in [0, 0.05) is 17.3 Å². The van der Waals surface area contributed by atoms with Crippen LogP contribution in [0.1, 0.15) is 11.3 Å². The molecule has 3 aromatic heterocycles. The summed E-state index contributed by atoms with van der Waals surface area (Å²) in [6.45, 7) is 1.93. The zero-order valence-corrected chi connectivity index (χ0v) is 17.1. The standard InChI is InChI=1S/C22H17N5O2S/c1-14-16(13-26(24-14)17-6-4-3-5-7-17)12-19-21(28)27-22(30-19)23-20(25-27)15-8-10-18(29-2)11-9-15/h3-13H,1-2H3/b19-12-. The van der Waals surface area contributed by atoms with E-state index in [1.807, 2.05) is 78.5 Å². The molecule has 2 aromatic carbocycles. The summed E-state index contributed by atoms with van der Waals surface area (Å²) >= 11 is 1.32. The molecule has 3 heterocycles. The maximum atomic E-state index is 12.9. The number of aryl methyl sites for hydroxylation is 1. The zero-order valence-electron chi connectivity index (χ0n) is 16.3. The van der Waals surface area contributed by atoms with Crippen LogP contribution in [0.3, 0.4) is 0 Å². The van der Waals surface area contributed by atoms with E-state index in [0.717, 1.165) is 28.3 Å². The first-order valence-electron chi connectivity index (χ1n) is 9.30. The Labute approximate surface area is 175 Å². The van der Waals surface area contributed by atoms with Gasteiger partial charge in [0.1, 0.15) is 5.75 Å². The topological polar surface area (TPSA) is 74.3 Å². The van der Waals surface area contributed by atoms with Crippen LogP contribution in [-0.4, -0.2) is 31.5 Å². The summed E-state index contributed by atoms with van der Waals surface area (Å²) in [5, 5.41) is 8.95. The van der Waals surface area contributed by atoms with E-state index in [2.05, 4.69) is 15.2 Å². The molecule has 0 fully saturated rings. The van der Waals surface area contributed by atoms with E-state index in [1.54, 1.807) is 7.11 Å². The summed E-state index contributed by atoms with van der Waals surface area (Å²) in [6, 6.07) is 17.3. The van der Waals surface area contributed by atoms with Crippen LogP contribution in [0.4, 0.5) is 0 Å². The molecule has 0 aliphatic rings. The van der Waals surface area contributed by atoms with Crippen molar-refractivity contribution in [2.24, 2.45) is 0 Å². The number of para-hydroxylation sites is 1. The predicted octanol–water partition coefficient (Wildman–Crippen LogP) is 2.87. The van der Waals surface area contributed by atoms with Gasteiger partial charge in [0.05, 0.1) is 23.0 Å². The molecule has 0 aliphatic carbocycles. The van der Waals surface area contributed by atoms with Crippen molar-refractivity contribution in [2.75, 3.05) is 7.11 Å². The number of rotatable bonds is 4. The molecule has 0 unspecified atom stereocenters. The van der Waals surface area contributed by atoms with E-state index in [0.29, 0.717) is 15.3 Å². The number of benzene rings is 2. The maximum Gasteiger partial charge on any atom is 0.291 e. The van der Waals surface area contributed by atoms with Crippen molar-refractivity contribution in [3.63, 3.8) is 0 Å². The van der Waals surface area contributed by atoms with Gasteiger partial charge in [-0.1, -0.05) is 29.5 Å². The first kappa shape index (κ1) is 18.3. The average Bonchev–Trinajstić information content (AvgIpc) is 3.44. The first-order chi connectivity index (χ1) is 14.6. The third-order valence-corrected chi connectivity index (χ3v) is 5.73. The fourth-order valence-corrected chi connectivity index (χ4v) is 4.06. The van der Waals surface area contributed by atoms with Gasteiger partial charge in [-0.15, -0.1) is 5.10 Å². The first-order valence-corrected chi connectivity index (χ1v) is 10.1. The number of hydrogen-bond donors (Lipinski definition) is 0. The number of aromatic nitrogens is 5. The molecule has 0 amide bonds. The fraction of sp³-hybridized carbons (Fsp3) is 0.0909. The SMILES string of the molecule is COc1ccc(-c2nc3s/c(=C\c4cn(-c5ccccc5)nc4C)c(=O)n3n2)cc1. The number of ether oxygens (including phenoxy) is 1. The van der Waals surface area contributed by atoms with Crippen molar-refractivity contribution >= 4 is 22.4 Å². The molecule has 148 valence electrons. The van der Waals surface area contributed by atoms with Crippen LogP contribution in [0, 0.1) is 6.92 Å². The van der Waals surface area contributed by atoms with Crippen molar-refractivity contribution in [1.82, 2.24) is 24.4 Å². The van der Waals surface area contributed by atoms with Crippen LogP contribution in [0.5, 0.6) is 5.75 Å². The van der Waals surface area contributed by atoms with Crippen LogP contribution in [-0.2, 0) is 0 Å². The second-order valence-electron chi connectivity index (χ2n) is 6.72. The molecule has 0 saturated heterocycles. The Morgan fingerprint density at radius 2 is 1.80 bits per heavy atom. The smallest absolute Gasteiger partial charge is 0.291 e. The lowest BCUT2D eigenvalue weighted by Crippen LogP contribution is -2.23. The highest BCUT2D eigenvalue weighted by Gasteiger charge is 2.13. The highest BCUT2D eigenvalue weighted by Crippen LogP contribution is 2.20.